The molecule has 0 atom stereocenters. The second-order valence-corrected chi connectivity index (χ2v) is 4.02. The first-order valence-electron chi connectivity index (χ1n) is 5.28. The summed E-state index contributed by atoms with van der Waals surface area (Å²) in [6, 6.07) is 5.53. The number of nitrogen functional groups attached to an aromatic ring is 1. The van der Waals surface area contributed by atoms with Crippen LogP contribution >= 0.6 is 0 Å². The van der Waals surface area contributed by atoms with Crippen LogP contribution < -0.4 is 5.73 Å². The van der Waals surface area contributed by atoms with Gasteiger partial charge in [-0.05, 0) is 43.4 Å². The van der Waals surface area contributed by atoms with Gasteiger partial charge < -0.3 is 5.73 Å². The quantitative estimate of drug-likeness (QED) is 0.590. The van der Waals surface area contributed by atoms with E-state index in [4.69, 9.17) is 5.73 Å². The zero-order valence-electron chi connectivity index (χ0n) is 8.92. The van der Waals surface area contributed by atoms with E-state index in [0.717, 1.165) is 30.4 Å². The largest absolute Gasteiger partial charge is 0.398 e. The summed E-state index contributed by atoms with van der Waals surface area (Å²) >= 11 is 0. The van der Waals surface area contributed by atoms with Crippen molar-refractivity contribution in [2.45, 2.75) is 26.2 Å². The van der Waals surface area contributed by atoms with E-state index in [0.29, 0.717) is 11.3 Å². The van der Waals surface area contributed by atoms with Gasteiger partial charge in [-0.2, -0.15) is 0 Å². The molecule has 0 aliphatic heterocycles. The zero-order chi connectivity index (χ0) is 10.8. The predicted octanol–water partition coefficient (Wildman–Crippen LogP) is 2.87. The Morgan fingerprint density at radius 3 is 2.80 bits per heavy atom. The predicted molar refractivity (Wildman–Crippen MR) is 61.9 cm³/mol. The Hall–Kier alpha value is -1.57. The van der Waals surface area contributed by atoms with Gasteiger partial charge in [0.15, 0.2) is 5.78 Å². The Morgan fingerprint density at radius 1 is 1.40 bits per heavy atom. The lowest BCUT2D eigenvalue weighted by Gasteiger charge is -2.04. The summed E-state index contributed by atoms with van der Waals surface area (Å²) in [6.45, 7) is 1.94. The fourth-order valence-corrected chi connectivity index (χ4v) is 1.84. The topological polar surface area (TPSA) is 43.1 Å². The fraction of sp³-hybridized carbons (Fsp3) is 0.308. The number of carbonyl (C=O) groups excluding carboxylic acids is 1. The molecule has 0 spiro atoms. The summed E-state index contributed by atoms with van der Waals surface area (Å²) in [5, 5.41) is 0. The molecule has 2 nitrogen and oxygen atoms in total. The zero-order valence-corrected chi connectivity index (χ0v) is 8.92. The van der Waals surface area contributed by atoms with E-state index in [1.807, 2.05) is 25.1 Å². The highest BCUT2D eigenvalue weighted by Crippen LogP contribution is 2.23. The molecule has 0 heterocycles. The molecule has 2 N–H and O–H groups in total. The number of anilines is 1. The van der Waals surface area contributed by atoms with Gasteiger partial charge in [0.1, 0.15) is 0 Å². The van der Waals surface area contributed by atoms with Crippen molar-refractivity contribution < 1.29 is 4.79 Å². The number of rotatable bonds is 2. The maximum Gasteiger partial charge on any atom is 0.188 e. The van der Waals surface area contributed by atoms with Crippen molar-refractivity contribution >= 4 is 11.5 Å². The molecule has 0 radical (unpaired) electrons. The van der Waals surface area contributed by atoms with E-state index < -0.39 is 0 Å². The first-order valence-corrected chi connectivity index (χ1v) is 5.28. The summed E-state index contributed by atoms with van der Waals surface area (Å²) < 4.78 is 0. The molecule has 1 aromatic carbocycles. The van der Waals surface area contributed by atoms with E-state index in [2.05, 4.69) is 0 Å². The third kappa shape index (κ3) is 1.94. The number of ketones is 1. The van der Waals surface area contributed by atoms with Gasteiger partial charge in [-0.1, -0.05) is 18.2 Å². The van der Waals surface area contributed by atoms with Crippen molar-refractivity contribution in [1.82, 2.24) is 0 Å². The molecule has 78 valence electrons. The van der Waals surface area contributed by atoms with Crippen LogP contribution in [-0.4, -0.2) is 5.78 Å². The normalized spacial score (nSPS) is 15.1. The van der Waals surface area contributed by atoms with Crippen LogP contribution in [0.15, 0.2) is 29.8 Å². The van der Waals surface area contributed by atoms with E-state index in [1.165, 1.54) is 0 Å². The summed E-state index contributed by atoms with van der Waals surface area (Å²) in [6.07, 6.45) is 5.08. The third-order valence-electron chi connectivity index (χ3n) is 2.87. The van der Waals surface area contributed by atoms with E-state index in [-0.39, 0.29) is 5.78 Å². The molecule has 0 saturated carbocycles. The molecule has 0 unspecified atom stereocenters. The fourth-order valence-electron chi connectivity index (χ4n) is 1.84. The highest BCUT2D eigenvalue weighted by atomic mass is 16.1. The molecule has 1 aliphatic carbocycles. The molecule has 1 aromatic rings. The Labute approximate surface area is 89.8 Å². The number of benzene rings is 1. The Morgan fingerprint density at radius 2 is 2.20 bits per heavy atom. The van der Waals surface area contributed by atoms with Crippen molar-refractivity contribution in [1.29, 1.82) is 0 Å². The molecular formula is C13H15NO. The number of hydrogen-bond acceptors (Lipinski definition) is 2. The van der Waals surface area contributed by atoms with Crippen molar-refractivity contribution in [3.63, 3.8) is 0 Å². The number of nitrogens with two attached hydrogens (primary N) is 1. The van der Waals surface area contributed by atoms with Crippen LogP contribution in [0, 0.1) is 6.92 Å². The van der Waals surface area contributed by atoms with Crippen LogP contribution in [-0.2, 0) is 0 Å². The number of carbonyl (C=O) groups is 1. The van der Waals surface area contributed by atoms with Crippen molar-refractivity contribution in [2.75, 3.05) is 5.73 Å². The van der Waals surface area contributed by atoms with Crippen molar-refractivity contribution in [3.05, 3.63) is 41.0 Å². The average molecular weight is 201 g/mol. The summed E-state index contributed by atoms with van der Waals surface area (Å²) in [5.74, 6) is 0.138. The monoisotopic (exact) mass is 201 g/mol. The van der Waals surface area contributed by atoms with Gasteiger partial charge in [0.2, 0.25) is 0 Å². The Bertz CT molecular complexity index is 432. The first kappa shape index (κ1) is 9.97. The number of hydrogen-bond donors (Lipinski definition) is 1. The molecule has 2 heteroatoms. The molecule has 0 fully saturated rings. The number of allylic oxidation sites excluding steroid dienone is 2. The maximum absolute atomic E-state index is 12.0. The lowest BCUT2D eigenvalue weighted by molar-refractivity contribution is 0.103. The lowest BCUT2D eigenvalue weighted by atomic mass is 10.0. The number of aryl methyl sites for hydroxylation is 1. The summed E-state index contributed by atoms with van der Waals surface area (Å²) in [4.78, 5) is 12.0. The minimum atomic E-state index is 0.138. The maximum atomic E-state index is 12.0. The van der Waals surface area contributed by atoms with E-state index in [1.54, 1.807) is 6.07 Å². The molecule has 2 rings (SSSR count). The average Bonchev–Trinajstić information content (AvgIpc) is 2.74. The van der Waals surface area contributed by atoms with E-state index in [9.17, 15) is 4.79 Å². The van der Waals surface area contributed by atoms with Crippen LogP contribution in [0.5, 0.6) is 0 Å². The van der Waals surface area contributed by atoms with Crippen LogP contribution in [0.1, 0.15) is 35.2 Å². The Kier molecular flexibility index (Phi) is 2.58. The van der Waals surface area contributed by atoms with Gasteiger partial charge >= 0.3 is 0 Å². The van der Waals surface area contributed by atoms with Gasteiger partial charge in [0.25, 0.3) is 0 Å². The molecule has 0 amide bonds. The van der Waals surface area contributed by atoms with Gasteiger partial charge in [-0.15, -0.1) is 0 Å². The molecule has 0 bridgehead atoms. The van der Waals surface area contributed by atoms with E-state index >= 15 is 0 Å². The smallest absolute Gasteiger partial charge is 0.188 e. The first-order chi connectivity index (χ1) is 7.18. The third-order valence-corrected chi connectivity index (χ3v) is 2.87. The number of Topliss-reactive ketones (excluding diaryl/α,β-unsaturated/α-hetero) is 1. The SMILES string of the molecule is Cc1ccc(C(=O)C2=CCCC2)cc1N. The summed E-state index contributed by atoms with van der Waals surface area (Å²) in [7, 11) is 0. The Balaban J connectivity index is 2.29. The van der Waals surface area contributed by atoms with Gasteiger partial charge in [-0.25, -0.2) is 0 Å². The molecule has 1 aliphatic rings. The highest BCUT2D eigenvalue weighted by Gasteiger charge is 2.15. The van der Waals surface area contributed by atoms with Crippen LogP contribution in [0.4, 0.5) is 5.69 Å². The second kappa shape index (κ2) is 3.89. The molecule has 15 heavy (non-hydrogen) atoms. The van der Waals surface area contributed by atoms with Crippen LogP contribution in [0.3, 0.4) is 0 Å². The van der Waals surface area contributed by atoms with Gasteiger partial charge in [0, 0.05) is 11.3 Å². The minimum absolute atomic E-state index is 0.138. The summed E-state index contributed by atoms with van der Waals surface area (Å²) in [5.41, 5.74) is 9.16. The van der Waals surface area contributed by atoms with Gasteiger partial charge in [-0.3, -0.25) is 4.79 Å². The molecule has 0 aromatic heterocycles. The van der Waals surface area contributed by atoms with Gasteiger partial charge in [0.05, 0.1) is 0 Å². The van der Waals surface area contributed by atoms with Crippen LogP contribution in [0.25, 0.3) is 0 Å². The minimum Gasteiger partial charge on any atom is -0.398 e. The second-order valence-electron chi connectivity index (χ2n) is 4.02. The lowest BCUT2D eigenvalue weighted by Crippen LogP contribution is -2.03. The molecular weight excluding hydrogens is 186 g/mol. The van der Waals surface area contributed by atoms with Crippen molar-refractivity contribution in [2.24, 2.45) is 0 Å². The standard InChI is InChI=1S/C13H15NO/c1-9-6-7-11(8-12(9)14)13(15)10-4-2-3-5-10/h4,6-8H,2-3,5,14H2,1H3. The van der Waals surface area contributed by atoms with Crippen LogP contribution in [0.2, 0.25) is 0 Å². The highest BCUT2D eigenvalue weighted by molar-refractivity contribution is 6.09. The van der Waals surface area contributed by atoms with Crippen molar-refractivity contribution in [3.8, 4) is 0 Å². The molecule has 0 saturated heterocycles.